The fraction of sp³-hybridized carbons (Fsp3) is 0.364. The second kappa shape index (κ2) is 8.59. The van der Waals surface area contributed by atoms with Gasteiger partial charge in [-0.15, -0.1) is 0 Å². The van der Waals surface area contributed by atoms with Crippen molar-refractivity contribution in [1.82, 2.24) is 5.32 Å². The molecular weight excluding hydrogens is 408 g/mol. The highest BCUT2D eigenvalue weighted by Crippen LogP contribution is 2.39. The summed E-state index contributed by atoms with van der Waals surface area (Å²) in [5.74, 6) is 0.426. The smallest absolute Gasteiger partial charge is 0.339 e. The van der Waals surface area contributed by atoms with Gasteiger partial charge in [-0.05, 0) is 64.2 Å². The Labute approximate surface area is 181 Å². The van der Waals surface area contributed by atoms with Crippen molar-refractivity contribution in [3.05, 3.63) is 58.1 Å². The van der Waals surface area contributed by atoms with Crippen molar-refractivity contribution in [2.75, 3.05) is 11.9 Å². The van der Waals surface area contributed by atoms with Crippen LogP contribution in [-0.4, -0.2) is 23.3 Å². The predicted octanol–water partition coefficient (Wildman–Crippen LogP) is 5.41. The van der Waals surface area contributed by atoms with E-state index in [0.29, 0.717) is 28.0 Å². The summed E-state index contributed by atoms with van der Waals surface area (Å²) in [6.07, 6.45) is 0.772. The first-order valence-corrected chi connectivity index (χ1v) is 10.3. The molecule has 0 saturated heterocycles. The number of benzene rings is 2. The summed E-state index contributed by atoms with van der Waals surface area (Å²) >= 11 is 11.8. The number of carbonyl (C=O) groups excluding carboxylic acids is 1. The van der Waals surface area contributed by atoms with E-state index >= 15 is 0 Å². The van der Waals surface area contributed by atoms with Crippen molar-refractivity contribution in [3.63, 3.8) is 0 Å². The van der Waals surface area contributed by atoms with Crippen molar-refractivity contribution in [2.24, 2.45) is 0 Å². The van der Waals surface area contributed by atoms with Crippen molar-refractivity contribution in [2.45, 2.75) is 45.8 Å². The summed E-state index contributed by atoms with van der Waals surface area (Å²) in [5.41, 5.74) is 2.97. The van der Waals surface area contributed by atoms with E-state index in [1.165, 1.54) is 5.56 Å². The van der Waals surface area contributed by atoms with Crippen LogP contribution in [0.5, 0.6) is 5.75 Å². The number of thiocarbonyl (C=S) groups is 1. The normalized spacial score (nSPS) is 16.9. The van der Waals surface area contributed by atoms with Crippen molar-refractivity contribution < 1.29 is 14.3 Å². The quantitative estimate of drug-likeness (QED) is 0.497. The summed E-state index contributed by atoms with van der Waals surface area (Å²) in [4.78, 5) is 11.9. The zero-order chi connectivity index (χ0) is 21.2. The Bertz CT molecular complexity index is 946. The maximum Gasteiger partial charge on any atom is 0.339 e. The zero-order valence-electron chi connectivity index (χ0n) is 17.0. The summed E-state index contributed by atoms with van der Waals surface area (Å²) < 4.78 is 11.1. The summed E-state index contributed by atoms with van der Waals surface area (Å²) in [6, 6.07) is 11.2. The van der Waals surface area contributed by atoms with Crippen LogP contribution in [0.1, 0.15) is 54.7 Å². The summed E-state index contributed by atoms with van der Waals surface area (Å²) in [5, 5.41) is 7.32. The van der Waals surface area contributed by atoms with Crippen LogP contribution in [0.2, 0.25) is 5.02 Å². The summed E-state index contributed by atoms with van der Waals surface area (Å²) in [7, 11) is 0. The van der Waals surface area contributed by atoms with E-state index in [1.54, 1.807) is 25.1 Å². The van der Waals surface area contributed by atoms with Crippen LogP contribution in [0.4, 0.5) is 5.69 Å². The van der Waals surface area contributed by atoms with Crippen LogP contribution in [0.3, 0.4) is 0 Å². The minimum absolute atomic E-state index is 0.0166. The van der Waals surface area contributed by atoms with E-state index in [-0.39, 0.29) is 11.6 Å². The van der Waals surface area contributed by atoms with Crippen LogP contribution >= 0.6 is 23.8 Å². The number of anilines is 1. The average Bonchev–Trinajstić information content (AvgIpc) is 2.62. The van der Waals surface area contributed by atoms with Gasteiger partial charge in [0.05, 0.1) is 23.2 Å². The van der Waals surface area contributed by atoms with E-state index in [1.807, 2.05) is 12.1 Å². The fourth-order valence-electron chi connectivity index (χ4n) is 3.40. The Hall–Kier alpha value is -2.31. The lowest BCUT2D eigenvalue weighted by atomic mass is 9.89. The van der Waals surface area contributed by atoms with Gasteiger partial charge >= 0.3 is 5.97 Å². The third-order valence-electron chi connectivity index (χ3n) is 4.65. The van der Waals surface area contributed by atoms with E-state index in [9.17, 15) is 4.79 Å². The van der Waals surface area contributed by atoms with Crippen LogP contribution in [0, 0.1) is 6.92 Å². The predicted molar refractivity (Wildman–Crippen MR) is 120 cm³/mol. The minimum atomic E-state index is -0.443. The Morgan fingerprint density at radius 3 is 2.76 bits per heavy atom. The van der Waals surface area contributed by atoms with E-state index in [4.69, 9.17) is 33.3 Å². The first-order chi connectivity index (χ1) is 13.7. The standard InChI is InChI=1S/C22H25ClN2O3S/c1-5-27-20(26)15-8-7-14(11-17(15)23)24-21(29)25-18-12-22(3,4)28-19-9-6-13(2)10-16(18)19/h6-11,18H,5,12H2,1-4H3,(H2,24,25,29). The molecule has 0 fully saturated rings. The lowest BCUT2D eigenvalue weighted by Gasteiger charge is -2.38. The molecule has 1 heterocycles. The van der Waals surface area contributed by atoms with E-state index in [2.05, 4.69) is 37.5 Å². The number of rotatable bonds is 4. The van der Waals surface area contributed by atoms with Crippen molar-refractivity contribution >= 4 is 40.6 Å². The molecule has 1 unspecified atom stereocenters. The zero-order valence-corrected chi connectivity index (χ0v) is 18.5. The molecule has 0 radical (unpaired) electrons. The van der Waals surface area contributed by atoms with Gasteiger partial charge < -0.3 is 20.1 Å². The molecule has 154 valence electrons. The molecule has 0 aromatic heterocycles. The highest BCUT2D eigenvalue weighted by molar-refractivity contribution is 7.80. The van der Waals surface area contributed by atoms with Gasteiger partial charge in [0.25, 0.3) is 0 Å². The van der Waals surface area contributed by atoms with Crippen LogP contribution in [0.25, 0.3) is 0 Å². The highest BCUT2D eigenvalue weighted by atomic mass is 35.5. The van der Waals surface area contributed by atoms with Crippen molar-refractivity contribution in [1.29, 1.82) is 0 Å². The number of esters is 1. The first-order valence-electron chi connectivity index (χ1n) is 9.52. The number of nitrogens with one attached hydrogen (secondary N) is 2. The fourth-order valence-corrected chi connectivity index (χ4v) is 3.91. The molecular formula is C22H25ClN2O3S. The molecule has 7 heteroatoms. The van der Waals surface area contributed by atoms with Crippen molar-refractivity contribution in [3.8, 4) is 5.75 Å². The number of halogens is 1. The minimum Gasteiger partial charge on any atom is -0.487 e. The second-order valence-corrected chi connectivity index (χ2v) is 8.49. The van der Waals surface area contributed by atoms with Crippen LogP contribution in [0.15, 0.2) is 36.4 Å². The molecule has 2 aromatic carbocycles. The topological polar surface area (TPSA) is 59.6 Å². The monoisotopic (exact) mass is 432 g/mol. The second-order valence-electron chi connectivity index (χ2n) is 7.67. The molecule has 3 rings (SSSR count). The third kappa shape index (κ3) is 5.19. The number of ether oxygens (including phenoxy) is 2. The molecule has 5 nitrogen and oxygen atoms in total. The molecule has 0 amide bonds. The average molecular weight is 433 g/mol. The lowest BCUT2D eigenvalue weighted by molar-refractivity contribution is 0.0526. The molecule has 1 atom stereocenters. The van der Waals surface area contributed by atoms with Crippen LogP contribution < -0.4 is 15.4 Å². The maximum atomic E-state index is 11.9. The van der Waals surface area contributed by atoms with Gasteiger partial charge in [0.1, 0.15) is 11.4 Å². The number of carbonyl (C=O) groups is 1. The van der Waals surface area contributed by atoms with Gasteiger partial charge in [0.15, 0.2) is 5.11 Å². The molecule has 29 heavy (non-hydrogen) atoms. The van der Waals surface area contributed by atoms with E-state index in [0.717, 1.165) is 17.7 Å². The molecule has 0 spiro atoms. The summed E-state index contributed by atoms with van der Waals surface area (Å²) in [6.45, 7) is 8.24. The number of aryl methyl sites for hydroxylation is 1. The Morgan fingerprint density at radius 2 is 2.07 bits per heavy atom. The molecule has 2 N–H and O–H groups in total. The van der Waals surface area contributed by atoms with Gasteiger partial charge in [-0.3, -0.25) is 0 Å². The largest absolute Gasteiger partial charge is 0.487 e. The molecule has 1 aliphatic rings. The Morgan fingerprint density at radius 1 is 1.31 bits per heavy atom. The number of fused-ring (bicyclic) bond motifs is 1. The lowest BCUT2D eigenvalue weighted by Crippen LogP contribution is -2.42. The van der Waals surface area contributed by atoms with Gasteiger partial charge in [0.2, 0.25) is 0 Å². The van der Waals surface area contributed by atoms with Gasteiger partial charge in [-0.2, -0.15) is 0 Å². The molecule has 2 aromatic rings. The number of hydrogen-bond acceptors (Lipinski definition) is 4. The Kier molecular flexibility index (Phi) is 6.34. The molecule has 0 aliphatic carbocycles. The first kappa shape index (κ1) is 21.4. The molecule has 0 bridgehead atoms. The van der Waals surface area contributed by atoms with Crippen LogP contribution in [-0.2, 0) is 4.74 Å². The SMILES string of the molecule is CCOC(=O)c1ccc(NC(=S)NC2CC(C)(C)Oc3ccc(C)cc32)cc1Cl. The number of hydrogen-bond donors (Lipinski definition) is 2. The maximum absolute atomic E-state index is 11.9. The highest BCUT2D eigenvalue weighted by Gasteiger charge is 2.34. The molecule has 0 saturated carbocycles. The van der Waals surface area contributed by atoms with Gasteiger partial charge in [0, 0.05) is 17.7 Å². The van der Waals surface area contributed by atoms with E-state index < -0.39 is 5.97 Å². The molecule has 1 aliphatic heterocycles. The van der Waals surface area contributed by atoms with Gasteiger partial charge in [-0.25, -0.2) is 4.79 Å². The van der Waals surface area contributed by atoms with Gasteiger partial charge in [-0.1, -0.05) is 29.3 Å². The Balaban J connectivity index is 1.73. The third-order valence-corrected chi connectivity index (χ3v) is 5.18.